The van der Waals surface area contributed by atoms with E-state index in [9.17, 15) is 5.11 Å². The summed E-state index contributed by atoms with van der Waals surface area (Å²) in [6.45, 7) is 0. The zero-order valence-corrected chi connectivity index (χ0v) is 47.5. The monoisotopic (exact) mass is 2270 g/mol. The zero-order chi connectivity index (χ0) is 22.0. The standard InChI is InChI=1S/C8I17O/c9-2(10,3(11,12)4(13,14)8(24,25)26)1(5(15,16)17,6(18,19)20)7(21,22)23. The Morgan fingerprint density at radius 1 is 0.346 bits per heavy atom. The van der Waals surface area contributed by atoms with E-state index in [1.165, 1.54) is 0 Å². The summed E-state index contributed by atoms with van der Waals surface area (Å²) < 4.78 is -2.64. The van der Waals surface area contributed by atoms with Gasteiger partial charge in [-0.05, 0) is 45.2 Å². The molecule has 1 nitrogen and oxygen atoms in total. The Morgan fingerprint density at radius 3 is 0.731 bits per heavy atom. The average molecular weight is 2270 g/mol. The first kappa shape index (κ1) is 38.4. The summed E-state index contributed by atoms with van der Waals surface area (Å²) in [7, 11) is 0. The Hall–Kier alpha value is 12.4. The van der Waals surface area contributed by atoms with Crippen molar-refractivity contribution in [1.29, 1.82) is 0 Å². The number of hydrogen-bond donors (Lipinski definition) is 0. The Bertz CT molecular complexity index is 477. The molecule has 0 amide bonds. The molecule has 0 aliphatic carbocycles. The normalized spacial score (nSPS) is 16.8. The molecule has 0 saturated carbocycles. The summed E-state index contributed by atoms with van der Waals surface area (Å²) in [6.07, 6.45) is 0. The minimum Gasteiger partial charge on any atom is -0.204 e. The Morgan fingerprint density at radius 2 is 0.577 bits per heavy atom. The van der Waals surface area contributed by atoms with Gasteiger partial charge in [0.1, 0.15) is 2.59 Å². The average Bonchev–Trinajstić information content (AvgIpc) is 2.19. The minimum atomic E-state index is -1.15. The molecule has 0 atom stereocenters. The lowest BCUT2D eigenvalue weighted by atomic mass is 9.89. The van der Waals surface area contributed by atoms with Crippen LogP contribution in [0.4, 0.5) is 0 Å². The molecule has 0 spiro atoms. The van der Waals surface area contributed by atoms with Gasteiger partial charge in [-0.2, -0.15) is 0 Å². The first-order chi connectivity index (χ1) is 10.8. The van der Waals surface area contributed by atoms with Crippen LogP contribution in [-0.4, -0.2) is 4.21 Å². The van der Waals surface area contributed by atoms with Crippen LogP contribution >= 0.6 is 384 Å². The quantitative estimate of drug-likeness (QED) is 0.179. The van der Waals surface area contributed by atoms with E-state index in [-0.39, 0.29) is 6.58 Å². The van der Waals surface area contributed by atoms with Crippen molar-refractivity contribution in [2.75, 3.05) is 0 Å². The molecule has 0 aromatic rings. The van der Waals surface area contributed by atoms with Crippen molar-refractivity contribution >= 4 is 384 Å². The third-order valence-corrected chi connectivity index (χ3v) is 33.8. The van der Waals surface area contributed by atoms with Crippen LogP contribution in [0, 0.1) is 5.41 Å². The second-order valence-electron chi connectivity index (χ2n) is 4.48. The number of alkyl halides is 17. The molecule has 0 bridgehead atoms. The van der Waals surface area contributed by atoms with Crippen LogP contribution < -0.4 is 0 Å². The molecular weight excluding hydrogens is 2270 g/mol. The fourth-order valence-corrected chi connectivity index (χ4v) is 46.3. The lowest BCUT2D eigenvalue weighted by molar-refractivity contribution is 0.158. The van der Waals surface area contributed by atoms with Crippen LogP contribution in [0.25, 0.3) is 0 Å². The molecule has 0 saturated heterocycles. The van der Waals surface area contributed by atoms with E-state index >= 15 is 0 Å². The molecule has 0 aromatic carbocycles. The fourth-order valence-electron chi connectivity index (χ4n) is 1.63. The van der Waals surface area contributed by atoms with Gasteiger partial charge in [0.05, 0.1) is 5.41 Å². The van der Waals surface area contributed by atoms with Crippen molar-refractivity contribution in [3.8, 4) is 0 Å². The highest BCUT2D eigenvalue weighted by molar-refractivity contribution is 14.3. The molecule has 0 aliphatic rings. The van der Waals surface area contributed by atoms with Gasteiger partial charge in [-0.1, -0.05) is 339 Å². The lowest BCUT2D eigenvalue weighted by Crippen LogP contribution is -2.71. The maximum atomic E-state index is 13.2. The summed E-state index contributed by atoms with van der Waals surface area (Å²) in [5, 5.41) is 13.2. The van der Waals surface area contributed by atoms with Crippen LogP contribution in [0.2, 0.25) is 0 Å². The third kappa shape index (κ3) is 8.01. The second-order valence-corrected chi connectivity index (χ2v) is 58.6. The van der Waals surface area contributed by atoms with Crippen LogP contribution in [0.15, 0.2) is 0 Å². The number of halogens is 17. The van der Waals surface area contributed by atoms with Gasteiger partial charge in [-0.3, -0.25) is 0 Å². The van der Waals surface area contributed by atoms with E-state index in [1.807, 2.05) is 0 Å². The lowest BCUT2D eigenvalue weighted by Gasteiger charge is -2.63. The van der Waals surface area contributed by atoms with Crippen LogP contribution in [0.1, 0.15) is 0 Å². The Balaban J connectivity index is 7.31. The molecular formula is C8I17O. The van der Waals surface area contributed by atoms with E-state index in [1.54, 1.807) is 0 Å². The molecule has 0 aliphatic heterocycles. The van der Waals surface area contributed by atoms with Crippen molar-refractivity contribution in [3.63, 3.8) is 0 Å². The molecule has 1 radical (unpaired) electrons. The van der Waals surface area contributed by atoms with Crippen molar-refractivity contribution in [2.45, 2.75) is 4.21 Å². The molecule has 0 N–H and O–H groups in total. The third-order valence-electron chi connectivity index (χ3n) is 2.90. The van der Waals surface area contributed by atoms with Gasteiger partial charge in [0, 0.05) is 0 Å². The van der Waals surface area contributed by atoms with Crippen molar-refractivity contribution in [3.05, 3.63) is 0 Å². The fraction of sp³-hybridized carbons (Fsp3) is 1.00. The van der Waals surface area contributed by atoms with Gasteiger partial charge in [0.2, 0.25) is 1.61 Å². The predicted molar refractivity (Wildman–Crippen MR) is 261 cm³/mol. The first-order valence-corrected chi connectivity index (χ1v) is 23.5. The maximum Gasteiger partial charge on any atom is 0.229 e. The molecule has 0 fully saturated rings. The largest absolute Gasteiger partial charge is 0.229 e. The highest BCUT2D eigenvalue weighted by atomic mass is 127. The predicted octanol–water partition coefficient (Wildman–Crippen LogP) is 13.5. The van der Waals surface area contributed by atoms with Crippen LogP contribution in [0.3, 0.4) is 0 Å². The summed E-state index contributed by atoms with van der Waals surface area (Å²) >= 11 is 42.7. The molecule has 157 valence electrons. The summed E-state index contributed by atoms with van der Waals surface area (Å²) in [6, 6.07) is 0. The van der Waals surface area contributed by atoms with Gasteiger partial charge in [-0.15, -0.1) is 0 Å². The van der Waals surface area contributed by atoms with Crippen molar-refractivity contribution < 1.29 is 5.11 Å². The van der Waals surface area contributed by atoms with Gasteiger partial charge < -0.3 is 0 Å². The van der Waals surface area contributed by atoms with E-state index in [0.29, 0.717) is 0 Å². The molecule has 0 aromatic heterocycles. The number of rotatable bonds is 7. The number of hydrogen-bond acceptors (Lipinski definition) is 0. The highest BCUT2D eigenvalue weighted by Crippen LogP contribution is 2.85. The van der Waals surface area contributed by atoms with Gasteiger partial charge in [0.15, 0.2) is 0 Å². The Kier molecular flexibility index (Phi) is 20.0. The summed E-state index contributed by atoms with van der Waals surface area (Å²) in [5.74, 6) is 0. The summed E-state index contributed by atoms with van der Waals surface area (Å²) in [4.78, 5) is 0. The molecule has 26 heavy (non-hydrogen) atoms. The van der Waals surface area contributed by atoms with E-state index < -0.39 is 3.04 Å². The van der Waals surface area contributed by atoms with E-state index in [2.05, 4.69) is 384 Å². The SMILES string of the molecule is [O]C(I)(I)C(I)(I)C(I)(I)C(I)(I)C(C(I)(I)I)(C(I)(I)I)C(I)(I)I. The minimum absolute atomic E-state index is 0.108. The molecule has 0 rings (SSSR count). The smallest absolute Gasteiger partial charge is 0.204 e. The van der Waals surface area contributed by atoms with Gasteiger partial charge >= 0.3 is 0 Å². The second kappa shape index (κ2) is 13.6. The Labute approximate surface area is 386 Å². The molecule has 0 heterocycles. The summed E-state index contributed by atoms with van der Waals surface area (Å²) in [5.41, 5.74) is -0.200. The van der Waals surface area contributed by atoms with Gasteiger partial charge in [-0.25, -0.2) is 5.11 Å². The van der Waals surface area contributed by atoms with Crippen LogP contribution in [0.5, 0.6) is 0 Å². The topological polar surface area (TPSA) is 19.9 Å². The first-order valence-electron chi connectivity index (χ1n) is 5.17. The zero-order valence-electron chi connectivity index (χ0n) is 10.8. The van der Waals surface area contributed by atoms with E-state index in [0.717, 1.165) is 0 Å². The van der Waals surface area contributed by atoms with Crippen LogP contribution in [-0.2, 0) is 5.11 Å². The van der Waals surface area contributed by atoms with Gasteiger partial charge in [0.25, 0.3) is 0 Å². The van der Waals surface area contributed by atoms with E-state index in [4.69, 9.17) is 0 Å². The van der Waals surface area contributed by atoms with Crippen molar-refractivity contribution in [2.24, 2.45) is 5.41 Å². The van der Waals surface area contributed by atoms with Crippen molar-refractivity contribution in [1.82, 2.24) is 0 Å². The molecule has 18 heteroatoms. The molecule has 0 unspecified atom stereocenters. The highest BCUT2D eigenvalue weighted by Gasteiger charge is 2.82. The maximum absolute atomic E-state index is 13.2.